The molecule has 0 aromatic heterocycles. The molecule has 0 amide bonds. The van der Waals surface area contributed by atoms with Crippen molar-refractivity contribution in [2.24, 2.45) is 10.9 Å². The molecule has 0 spiro atoms. The van der Waals surface area contributed by atoms with E-state index in [4.69, 9.17) is 4.74 Å². The lowest BCUT2D eigenvalue weighted by Crippen LogP contribution is -2.38. The number of aliphatic imine (C=N–C) groups is 1. The number of hydrogen-bond acceptors (Lipinski definition) is 4. The lowest BCUT2D eigenvalue weighted by molar-refractivity contribution is 0.311. The molecule has 2 N–H and O–H groups in total. The van der Waals surface area contributed by atoms with Crippen molar-refractivity contribution in [1.82, 2.24) is 10.6 Å². The molecular weight excluding hydrogens is 374 g/mol. The molecule has 1 aliphatic rings. The van der Waals surface area contributed by atoms with Crippen molar-refractivity contribution in [3.63, 3.8) is 0 Å². The van der Waals surface area contributed by atoms with Crippen LogP contribution < -0.4 is 15.4 Å². The zero-order valence-electron chi connectivity index (χ0n) is 16.4. The van der Waals surface area contributed by atoms with E-state index in [2.05, 4.69) is 39.9 Å². The summed E-state index contributed by atoms with van der Waals surface area (Å²) in [5, 5.41) is 8.88. The number of hydrogen-bond donors (Lipinski definition) is 2. The Bertz CT molecular complexity index is 912. The molecule has 0 aliphatic carbocycles. The second kappa shape index (κ2) is 9.78. The highest BCUT2D eigenvalue weighted by Crippen LogP contribution is 2.20. The van der Waals surface area contributed by atoms with E-state index < -0.39 is 9.84 Å². The summed E-state index contributed by atoms with van der Waals surface area (Å²) in [7, 11) is -2.85. The van der Waals surface area contributed by atoms with Crippen LogP contribution in [0.15, 0.2) is 47.5 Å². The van der Waals surface area contributed by atoms with Gasteiger partial charge in [-0.05, 0) is 48.6 Å². The van der Waals surface area contributed by atoms with Crippen molar-refractivity contribution in [3.8, 4) is 5.75 Å². The molecule has 1 aliphatic heterocycles. The van der Waals surface area contributed by atoms with Gasteiger partial charge < -0.3 is 15.4 Å². The van der Waals surface area contributed by atoms with Gasteiger partial charge in [-0.2, -0.15) is 0 Å². The summed E-state index contributed by atoms with van der Waals surface area (Å²) < 4.78 is 29.0. The van der Waals surface area contributed by atoms with Crippen molar-refractivity contribution < 1.29 is 13.2 Å². The van der Waals surface area contributed by atoms with E-state index in [9.17, 15) is 8.42 Å². The lowest BCUT2D eigenvalue weighted by atomic mass is 10.1. The Morgan fingerprint density at radius 3 is 2.75 bits per heavy atom. The summed E-state index contributed by atoms with van der Waals surface area (Å²) in [6.45, 7) is 4.68. The van der Waals surface area contributed by atoms with E-state index in [1.807, 2.05) is 25.1 Å². The highest BCUT2D eigenvalue weighted by molar-refractivity contribution is 7.91. The van der Waals surface area contributed by atoms with Crippen LogP contribution in [0.25, 0.3) is 10.8 Å². The third-order valence-electron chi connectivity index (χ3n) is 4.78. The number of rotatable bonds is 8. The second-order valence-corrected chi connectivity index (χ2v) is 9.36. The first kappa shape index (κ1) is 20.5. The number of guanidine groups is 1. The fourth-order valence-electron chi connectivity index (χ4n) is 3.30. The van der Waals surface area contributed by atoms with Crippen LogP contribution in [-0.4, -0.2) is 52.1 Å². The maximum Gasteiger partial charge on any atom is 0.191 e. The molecule has 1 atom stereocenters. The third-order valence-corrected chi connectivity index (χ3v) is 6.62. The first-order valence-electron chi connectivity index (χ1n) is 9.90. The Morgan fingerprint density at radius 1 is 1.18 bits per heavy atom. The van der Waals surface area contributed by atoms with Gasteiger partial charge in [0.05, 0.1) is 18.1 Å². The van der Waals surface area contributed by atoms with Crippen LogP contribution in [0, 0.1) is 5.92 Å². The van der Waals surface area contributed by atoms with E-state index in [1.54, 1.807) is 0 Å². The molecule has 2 aromatic carbocycles. The molecule has 1 fully saturated rings. The maximum absolute atomic E-state index is 11.6. The number of fused-ring (bicyclic) bond motifs is 1. The summed E-state index contributed by atoms with van der Waals surface area (Å²) in [5.41, 5.74) is 0. The minimum absolute atomic E-state index is 0.136. The largest absolute Gasteiger partial charge is 0.494 e. The monoisotopic (exact) mass is 403 g/mol. The molecule has 7 heteroatoms. The van der Waals surface area contributed by atoms with Crippen LogP contribution >= 0.6 is 0 Å². The highest BCUT2D eigenvalue weighted by Gasteiger charge is 2.27. The van der Waals surface area contributed by atoms with Gasteiger partial charge in [-0.25, -0.2) is 8.42 Å². The second-order valence-electron chi connectivity index (χ2n) is 7.13. The Morgan fingerprint density at radius 2 is 2.00 bits per heavy atom. The molecule has 6 nitrogen and oxygen atoms in total. The van der Waals surface area contributed by atoms with E-state index in [0.717, 1.165) is 31.2 Å². The van der Waals surface area contributed by atoms with Crippen molar-refractivity contribution >= 4 is 26.6 Å². The van der Waals surface area contributed by atoms with Crippen molar-refractivity contribution in [2.75, 3.05) is 37.7 Å². The Balaban J connectivity index is 1.40. The van der Waals surface area contributed by atoms with Crippen LogP contribution in [0.1, 0.15) is 19.8 Å². The Hall–Kier alpha value is -2.28. The zero-order chi connectivity index (χ0) is 19.8. The Labute approximate surface area is 167 Å². The van der Waals surface area contributed by atoms with Gasteiger partial charge in [0.1, 0.15) is 5.75 Å². The fraction of sp³-hybridized carbons (Fsp3) is 0.476. The number of sulfone groups is 1. The first-order valence-corrected chi connectivity index (χ1v) is 11.7. The predicted octanol–water partition coefficient (Wildman–Crippen LogP) is 2.60. The fourth-order valence-corrected chi connectivity index (χ4v) is 5.15. The average molecular weight is 404 g/mol. The minimum Gasteiger partial charge on any atom is -0.494 e. The number of benzene rings is 2. The van der Waals surface area contributed by atoms with Gasteiger partial charge in [-0.15, -0.1) is 0 Å². The SMILES string of the molecule is CCNC(=NCC1CCS(=O)(=O)C1)NCCCOc1ccc2ccccc2c1. The predicted molar refractivity (Wildman–Crippen MR) is 115 cm³/mol. The number of ether oxygens (including phenoxy) is 1. The summed E-state index contributed by atoms with van der Waals surface area (Å²) in [5.74, 6) is 2.30. The van der Waals surface area contributed by atoms with Gasteiger partial charge in [0, 0.05) is 19.6 Å². The molecule has 28 heavy (non-hydrogen) atoms. The van der Waals surface area contributed by atoms with Crippen molar-refractivity contribution in [1.29, 1.82) is 0 Å². The van der Waals surface area contributed by atoms with E-state index in [0.29, 0.717) is 25.3 Å². The van der Waals surface area contributed by atoms with Crippen LogP contribution in [0.2, 0.25) is 0 Å². The third kappa shape index (κ3) is 6.12. The molecule has 0 bridgehead atoms. The molecule has 152 valence electrons. The number of nitrogens with zero attached hydrogens (tertiary/aromatic N) is 1. The standard InChI is InChI=1S/C21H29N3O3S/c1-2-22-21(24-15-17-10-13-28(25,26)16-17)23-11-5-12-27-20-9-8-18-6-3-4-7-19(18)14-20/h3-4,6-9,14,17H,2,5,10-13,15-16H2,1H3,(H2,22,23,24). The van der Waals surface area contributed by atoms with Crippen LogP contribution in [0.4, 0.5) is 0 Å². The van der Waals surface area contributed by atoms with Gasteiger partial charge in [-0.3, -0.25) is 4.99 Å². The molecule has 2 aromatic rings. The minimum atomic E-state index is -2.85. The first-order chi connectivity index (χ1) is 13.6. The van der Waals surface area contributed by atoms with Gasteiger partial charge in [0.15, 0.2) is 15.8 Å². The van der Waals surface area contributed by atoms with Gasteiger partial charge in [-0.1, -0.05) is 30.3 Å². The van der Waals surface area contributed by atoms with Crippen molar-refractivity contribution in [2.45, 2.75) is 19.8 Å². The topological polar surface area (TPSA) is 79.8 Å². The summed E-state index contributed by atoms with van der Waals surface area (Å²) in [4.78, 5) is 4.54. The van der Waals surface area contributed by atoms with Gasteiger partial charge in [0.2, 0.25) is 0 Å². The lowest BCUT2D eigenvalue weighted by Gasteiger charge is -2.13. The summed E-state index contributed by atoms with van der Waals surface area (Å²) >= 11 is 0. The van der Waals surface area contributed by atoms with E-state index >= 15 is 0 Å². The van der Waals surface area contributed by atoms with E-state index in [1.165, 1.54) is 10.8 Å². The molecule has 3 rings (SSSR count). The van der Waals surface area contributed by atoms with Crippen LogP contribution in [0.3, 0.4) is 0 Å². The molecule has 1 heterocycles. The van der Waals surface area contributed by atoms with Gasteiger partial charge >= 0.3 is 0 Å². The number of nitrogens with one attached hydrogen (secondary N) is 2. The molecule has 0 saturated carbocycles. The van der Waals surface area contributed by atoms with Gasteiger partial charge in [0.25, 0.3) is 0 Å². The van der Waals surface area contributed by atoms with E-state index in [-0.39, 0.29) is 11.7 Å². The smallest absolute Gasteiger partial charge is 0.191 e. The van der Waals surface area contributed by atoms with Crippen LogP contribution in [0.5, 0.6) is 5.75 Å². The maximum atomic E-state index is 11.6. The highest BCUT2D eigenvalue weighted by atomic mass is 32.2. The van der Waals surface area contributed by atoms with Crippen LogP contribution in [-0.2, 0) is 9.84 Å². The molecule has 0 radical (unpaired) electrons. The molecular formula is C21H29N3O3S. The Kier molecular flexibility index (Phi) is 7.14. The summed E-state index contributed by atoms with van der Waals surface area (Å²) in [6, 6.07) is 14.4. The quantitative estimate of drug-likeness (QED) is 0.402. The average Bonchev–Trinajstić information content (AvgIpc) is 3.04. The molecule has 1 saturated heterocycles. The summed E-state index contributed by atoms with van der Waals surface area (Å²) in [6.07, 6.45) is 1.56. The molecule has 1 unspecified atom stereocenters. The normalized spacial score (nSPS) is 18.9. The van der Waals surface area contributed by atoms with Crippen molar-refractivity contribution in [3.05, 3.63) is 42.5 Å². The zero-order valence-corrected chi connectivity index (χ0v) is 17.2.